The van der Waals surface area contributed by atoms with E-state index in [1.54, 1.807) is 0 Å². The van der Waals surface area contributed by atoms with E-state index in [9.17, 15) is 4.79 Å². The number of carbonyl (C=O) groups excluding carboxylic acids is 1. The average Bonchev–Trinajstić information content (AvgIpc) is 1.96. The maximum atomic E-state index is 10.3. The van der Waals surface area contributed by atoms with Crippen LogP contribution in [-0.4, -0.2) is 19.2 Å². The van der Waals surface area contributed by atoms with Crippen LogP contribution in [0.3, 0.4) is 0 Å². The van der Waals surface area contributed by atoms with Crippen molar-refractivity contribution < 1.29 is 37.2 Å². The summed E-state index contributed by atoms with van der Waals surface area (Å²) in [5.41, 5.74) is 0. The predicted octanol–water partition coefficient (Wildman–Crippen LogP) is 1.39. The van der Waals surface area contributed by atoms with Crippen LogP contribution in [0.2, 0.25) is 3.93 Å². The normalized spacial score (nSPS) is 8.91. The monoisotopic (exact) mass is 348 g/mol. The molecule has 0 aliphatic heterocycles. The molecule has 0 atom stereocenters. The average molecular weight is 347 g/mol. The summed E-state index contributed by atoms with van der Waals surface area (Å²) in [5.74, 6) is -0.123. The molecule has 0 N–H and O–H groups in total. The standard InChI is InChI=1S/C5H11O.C2H4O2.Hg/c1-3-5-6-4-2;1-2(3)4;/h2-5H2,1H3;1H3,(H,3,4);/q;;+1/p-1. The first-order chi connectivity index (χ1) is 5.27. The van der Waals surface area contributed by atoms with Crippen molar-refractivity contribution in [2.24, 2.45) is 0 Å². The Hall–Kier alpha value is 0.365. The molecule has 0 rings (SSSR count). The zero-order valence-electron chi connectivity index (χ0n) is 7.26. The van der Waals surface area contributed by atoms with Crippen molar-refractivity contribution in [2.45, 2.75) is 24.2 Å². The van der Waals surface area contributed by atoms with Gasteiger partial charge in [0.05, 0.1) is 0 Å². The van der Waals surface area contributed by atoms with E-state index in [1.165, 1.54) is 6.92 Å². The fourth-order valence-corrected chi connectivity index (χ4v) is 3.55. The second kappa shape index (κ2) is 8.46. The van der Waals surface area contributed by atoms with Crippen LogP contribution >= 0.6 is 0 Å². The summed E-state index contributed by atoms with van der Waals surface area (Å²) < 4.78 is 11.2. The third-order valence-corrected chi connectivity index (χ3v) is 5.71. The SMILES string of the molecule is CCCOC[CH2][Hg][O]C(C)=O. The summed E-state index contributed by atoms with van der Waals surface area (Å²) >= 11 is -1.30. The Balaban J connectivity index is 2.85. The Bertz CT molecular complexity index is 106. The molecule has 0 aromatic carbocycles. The van der Waals surface area contributed by atoms with Crippen molar-refractivity contribution in [1.29, 1.82) is 0 Å². The number of hydrogen-bond donors (Lipinski definition) is 0. The van der Waals surface area contributed by atoms with E-state index in [0.717, 1.165) is 23.6 Å². The molecule has 0 aliphatic carbocycles. The molecule has 0 aromatic rings. The Kier molecular flexibility index (Phi) is 8.74. The number of carbonyl (C=O) groups is 1. The Morgan fingerprint density at radius 2 is 2.18 bits per heavy atom. The van der Waals surface area contributed by atoms with Crippen LogP contribution in [0.4, 0.5) is 0 Å². The van der Waals surface area contributed by atoms with Crippen molar-refractivity contribution in [3.05, 3.63) is 0 Å². The minimum absolute atomic E-state index is 0.123. The van der Waals surface area contributed by atoms with Gasteiger partial charge in [-0.05, 0) is 0 Å². The van der Waals surface area contributed by atoms with Gasteiger partial charge in [0, 0.05) is 0 Å². The molecule has 62 valence electrons. The van der Waals surface area contributed by atoms with Gasteiger partial charge in [-0.15, -0.1) is 0 Å². The van der Waals surface area contributed by atoms with Gasteiger partial charge in [0.2, 0.25) is 0 Å². The molecule has 0 spiro atoms. The van der Waals surface area contributed by atoms with E-state index >= 15 is 0 Å². The van der Waals surface area contributed by atoms with Gasteiger partial charge >= 0.3 is 80.6 Å². The molecule has 0 heterocycles. The topological polar surface area (TPSA) is 35.5 Å². The summed E-state index contributed by atoms with van der Waals surface area (Å²) in [6.45, 7) is 5.15. The van der Waals surface area contributed by atoms with Crippen LogP contribution < -0.4 is 0 Å². The molecule has 11 heavy (non-hydrogen) atoms. The minimum atomic E-state index is -1.30. The van der Waals surface area contributed by atoms with Crippen molar-refractivity contribution in [3.8, 4) is 0 Å². The molecule has 0 aromatic heterocycles. The van der Waals surface area contributed by atoms with Crippen molar-refractivity contribution in [2.75, 3.05) is 13.2 Å². The van der Waals surface area contributed by atoms with E-state index in [0.29, 0.717) is 0 Å². The Labute approximate surface area is 80.5 Å². The van der Waals surface area contributed by atoms with Gasteiger partial charge < -0.3 is 0 Å². The third kappa shape index (κ3) is 10.4. The van der Waals surface area contributed by atoms with Crippen LogP contribution in [0.5, 0.6) is 0 Å². The molecule has 0 unspecified atom stereocenters. The van der Waals surface area contributed by atoms with E-state index in [4.69, 9.17) is 7.38 Å². The van der Waals surface area contributed by atoms with E-state index in [-0.39, 0.29) is 5.97 Å². The Morgan fingerprint density at radius 3 is 2.73 bits per heavy atom. The molecule has 0 amide bonds. The van der Waals surface area contributed by atoms with Gasteiger partial charge in [-0.1, -0.05) is 0 Å². The summed E-state index contributed by atoms with van der Waals surface area (Å²) in [4.78, 5) is 10.3. The summed E-state index contributed by atoms with van der Waals surface area (Å²) in [7, 11) is 0. The second-order valence-electron chi connectivity index (χ2n) is 2.31. The summed E-state index contributed by atoms with van der Waals surface area (Å²) in [6.07, 6.45) is 1.06. The molecule has 4 heteroatoms. The first-order valence-corrected chi connectivity index (χ1v) is 10.1. The number of ether oxygens (including phenoxy) is 1. The van der Waals surface area contributed by atoms with Gasteiger partial charge in [0.1, 0.15) is 0 Å². The zero-order valence-corrected chi connectivity index (χ0v) is 12.8. The molecular weight excluding hydrogens is 333 g/mol. The molecular formula is C7H14HgO3. The van der Waals surface area contributed by atoms with Crippen LogP contribution in [0.15, 0.2) is 0 Å². The van der Waals surface area contributed by atoms with Gasteiger partial charge in [-0.25, -0.2) is 0 Å². The Morgan fingerprint density at radius 1 is 1.45 bits per heavy atom. The first kappa shape index (κ1) is 11.4. The van der Waals surface area contributed by atoms with Gasteiger partial charge in [0.15, 0.2) is 0 Å². The quantitative estimate of drug-likeness (QED) is 0.538. The third-order valence-electron chi connectivity index (χ3n) is 1.09. The van der Waals surface area contributed by atoms with Crippen molar-refractivity contribution in [1.82, 2.24) is 0 Å². The van der Waals surface area contributed by atoms with Gasteiger partial charge in [0.25, 0.3) is 0 Å². The van der Waals surface area contributed by atoms with E-state index in [1.807, 2.05) is 0 Å². The molecule has 0 aliphatic rings. The number of hydrogen-bond acceptors (Lipinski definition) is 3. The zero-order chi connectivity index (χ0) is 8.53. The molecule has 0 radical (unpaired) electrons. The predicted molar refractivity (Wildman–Crippen MR) is 37.7 cm³/mol. The summed E-state index contributed by atoms with van der Waals surface area (Å²) in [5, 5.41) is 0. The van der Waals surface area contributed by atoms with Crippen LogP contribution in [0.1, 0.15) is 20.3 Å². The fraction of sp³-hybridized carbons (Fsp3) is 0.857. The first-order valence-electron chi connectivity index (χ1n) is 3.98. The maximum absolute atomic E-state index is 10.3. The molecule has 0 saturated carbocycles. The molecule has 0 bridgehead atoms. The van der Waals surface area contributed by atoms with Gasteiger partial charge in [-0.3, -0.25) is 0 Å². The van der Waals surface area contributed by atoms with E-state index < -0.39 is 25.0 Å². The van der Waals surface area contributed by atoms with Crippen molar-refractivity contribution in [3.63, 3.8) is 0 Å². The van der Waals surface area contributed by atoms with Gasteiger partial charge in [-0.2, -0.15) is 0 Å². The van der Waals surface area contributed by atoms with Crippen LogP contribution in [0, 0.1) is 0 Å². The van der Waals surface area contributed by atoms with E-state index in [2.05, 4.69) is 6.92 Å². The van der Waals surface area contributed by atoms with Crippen LogP contribution in [0.25, 0.3) is 0 Å². The number of rotatable bonds is 6. The second-order valence-corrected chi connectivity index (χ2v) is 7.76. The molecule has 0 saturated heterocycles. The fourth-order valence-electron chi connectivity index (χ4n) is 0.623. The summed E-state index contributed by atoms with van der Waals surface area (Å²) in [6, 6.07) is 0. The van der Waals surface area contributed by atoms with Crippen LogP contribution in [-0.2, 0) is 37.2 Å². The molecule has 0 fully saturated rings. The van der Waals surface area contributed by atoms with Crippen molar-refractivity contribution >= 4 is 5.97 Å². The molecule has 3 nitrogen and oxygen atoms in total.